The second-order valence-corrected chi connectivity index (χ2v) is 8.27. The van der Waals surface area contributed by atoms with Gasteiger partial charge in [0, 0.05) is 38.7 Å². The molecular formula is C23H19ClF2N8O2. The molecule has 10 nitrogen and oxygen atoms in total. The van der Waals surface area contributed by atoms with E-state index in [1.165, 1.54) is 9.25 Å². The van der Waals surface area contributed by atoms with Gasteiger partial charge < -0.3 is 10.1 Å². The molecule has 0 amide bonds. The van der Waals surface area contributed by atoms with Crippen molar-refractivity contribution in [3.63, 3.8) is 0 Å². The van der Waals surface area contributed by atoms with Crippen LogP contribution in [-0.4, -0.2) is 41.1 Å². The van der Waals surface area contributed by atoms with Gasteiger partial charge in [0.05, 0.1) is 10.4 Å². The van der Waals surface area contributed by atoms with E-state index in [1.54, 1.807) is 26.2 Å². The van der Waals surface area contributed by atoms with Gasteiger partial charge in [0.1, 0.15) is 23.2 Å². The van der Waals surface area contributed by atoms with Gasteiger partial charge in [-0.3, -0.25) is 9.67 Å². The van der Waals surface area contributed by atoms with Crippen molar-refractivity contribution >= 4 is 28.5 Å². The topological polar surface area (TPSA) is 116 Å². The van der Waals surface area contributed by atoms with Crippen LogP contribution in [0.1, 0.15) is 5.82 Å². The molecule has 0 unspecified atom stereocenters. The second kappa shape index (κ2) is 9.38. The first-order valence-electron chi connectivity index (χ1n) is 10.8. The van der Waals surface area contributed by atoms with E-state index in [2.05, 4.69) is 30.6 Å². The fourth-order valence-electron chi connectivity index (χ4n) is 3.71. The number of halogens is 3. The van der Waals surface area contributed by atoms with Crippen LogP contribution in [0.5, 0.6) is 11.8 Å². The Morgan fingerprint density at radius 1 is 1.14 bits per heavy atom. The van der Waals surface area contributed by atoms with E-state index < -0.39 is 11.6 Å². The number of aromatic nitrogens is 7. The monoisotopic (exact) mass is 512 g/mol. The molecule has 0 aliphatic rings. The number of H-pyrrole nitrogens is 1. The Labute approximate surface area is 207 Å². The average Bonchev–Trinajstić information content (AvgIpc) is 3.38. The predicted molar refractivity (Wildman–Crippen MR) is 129 cm³/mol. The van der Waals surface area contributed by atoms with Crippen LogP contribution in [0.2, 0.25) is 5.02 Å². The second-order valence-electron chi connectivity index (χ2n) is 7.87. The summed E-state index contributed by atoms with van der Waals surface area (Å²) in [6.45, 7) is 0.341. The van der Waals surface area contributed by atoms with Crippen molar-refractivity contribution in [1.82, 2.24) is 34.5 Å². The normalized spacial score (nSPS) is 11.2. The minimum absolute atomic E-state index is 0.185. The zero-order valence-corrected chi connectivity index (χ0v) is 19.8. The molecule has 0 bridgehead atoms. The summed E-state index contributed by atoms with van der Waals surface area (Å²) in [6.07, 6.45) is 0.403. The number of hydrogen-bond acceptors (Lipinski definition) is 7. The zero-order valence-electron chi connectivity index (χ0n) is 19.1. The van der Waals surface area contributed by atoms with Crippen LogP contribution in [0.3, 0.4) is 0 Å². The van der Waals surface area contributed by atoms with Crippen molar-refractivity contribution < 1.29 is 13.5 Å². The van der Waals surface area contributed by atoms with E-state index in [1.807, 2.05) is 12.1 Å². The van der Waals surface area contributed by atoms with Crippen molar-refractivity contribution in [3.8, 4) is 23.0 Å². The van der Waals surface area contributed by atoms with E-state index in [9.17, 15) is 13.6 Å². The average molecular weight is 513 g/mol. The number of nitrogens with zero attached hydrogens (tertiary/aromatic N) is 6. The van der Waals surface area contributed by atoms with E-state index in [-0.39, 0.29) is 17.4 Å². The zero-order chi connectivity index (χ0) is 25.4. The highest BCUT2D eigenvalue weighted by molar-refractivity contribution is 6.33. The Morgan fingerprint density at radius 3 is 2.67 bits per heavy atom. The quantitative estimate of drug-likeness (QED) is 0.340. The molecule has 5 aromatic rings. The summed E-state index contributed by atoms with van der Waals surface area (Å²) in [6, 6.07) is 9.91. The van der Waals surface area contributed by atoms with Crippen LogP contribution >= 0.6 is 11.6 Å². The van der Waals surface area contributed by atoms with Crippen molar-refractivity contribution in [2.75, 3.05) is 11.9 Å². The number of aryl methyl sites for hydroxylation is 1. The number of nitrogens with one attached hydrogen (secondary N) is 2. The van der Waals surface area contributed by atoms with Gasteiger partial charge in [-0.2, -0.15) is 20.2 Å². The summed E-state index contributed by atoms with van der Waals surface area (Å²) < 4.78 is 35.7. The smallest absolute Gasteiger partial charge is 0.345 e. The van der Waals surface area contributed by atoms with Gasteiger partial charge in [0.25, 0.3) is 0 Å². The molecule has 3 aromatic heterocycles. The molecule has 0 radical (unpaired) electrons. The number of rotatable bonds is 7. The maximum absolute atomic E-state index is 14.2. The third-order valence-corrected chi connectivity index (χ3v) is 5.81. The van der Waals surface area contributed by atoms with Gasteiger partial charge in [0.2, 0.25) is 0 Å². The lowest BCUT2D eigenvalue weighted by molar-refractivity contribution is 0.410. The first-order valence-corrected chi connectivity index (χ1v) is 11.2. The number of benzene rings is 2. The molecule has 13 heteroatoms. The van der Waals surface area contributed by atoms with Gasteiger partial charge in [-0.15, -0.1) is 0 Å². The Bertz CT molecular complexity index is 1650. The fraction of sp³-hybridized carbons (Fsp3) is 0.174. The van der Waals surface area contributed by atoms with Crippen LogP contribution in [0.25, 0.3) is 22.3 Å². The number of fused-ring (bicyclic) bond motifs is 1. The number of aromatic amines is 1. The molecule has 0 aliphatic carbocycles. The van der Waals surface area contributed by atoms with Crippen molar-refractivity contribution in [1.29, 1.82) is 0 Å². The summed E-state index contributed by atoms with van der Waals surface area (Å²) in [5.74, 6) is -0.965. The molecule has 0 spiro atoms. The highest BCUT2D eigenvalue weighted by atomic mass is 35.5. The molecule has 0 atom stereocenters. The Balaban J connectivity index is 1.54. The lowest BCUT2D eigenvalue weighted by Crippen LogP contribution is -2.21. The lowest BCUT2D eigenvalue weighted by atomic mass is 10.1. The van der Waals surface area contributed by atoms with Crippen molar-refractivity contribution in [3.05, 3.63) is 75.4 Å². The Morgan fingerprint density at radius 2 is 1.94 bits per heavy atom. The molecule has 2 aromatic carbocycles. The Hall–Kier alpha value is -4.32. The van der Waals surface area contributed by atoms with Crippen molar-refractivity contribution in [2.24, 2.45) is 14.1 Å². The number of ether oxygens (including phenoxy) is 1. The van der Waals surface area contributed by atoms with Gasteiger partial charge in [0.15, 0.2) is 17.2 Å². The molecule has 0 saturated carbocycles. The third kappa shape index (κ3) is 4.38. The SMILES string of the molecule is Cn1nc(CCNc2nc(Oc3ccc(F)cc3F)nc3[nH]nc(-c4ccccc4Cl)c23)n(C)c1=O. The summed E-state index contributed by atoms with van der Waals surface area (Å²) in [5.41, 5.74) is 1.23. The molecule has 2 N–H and O–H groups in total. The summed E-state index contributed by atoms with van der Waals surface area (Å²) in [4.78, 5) is 20.7. The van der Waals surface area contributed by atoms with E-state index in [0.29, 0.717) is 58.0 Å². The van der Waals surface area contributed by atoms with Crippen LogP contribution in [-0.2, 0) is 20.5 Å². The van der Waals surface area contributed by atoms with Crippen LogP contribution in [0.15, 0.2) is 47.3 Å². The summed E-state index contributed by atoms with van der Waals surface area (Å²) in [5, 5.41) is 15.6. The molecule has 36 heavy (non-hydrogen) atoms. The molecule has 0 saturated heterocycles. The summed E-state index contributed by atoms with van der Waals surface area (Å²) >= 11 is 6.40. The van der Waals surface area contributed by atoms with E-state index >= 15 is 0 Å². The molecule has 184 valence electrons. The largest absolute Gasteiger partial charge is 0.421 e. The van der Waals surface area contributed by atoms with Crippen LogP contribution in [0.4, 0.5) is 14.6 Å². The van der Waals surface area contributed by atoms with Crippen LogP contribution < -0.4 is 15.7 Å². The van der Waals surface area contributed by atoms with Crippen LogP contribution in [0, 0.1) is 11.6 Å². The first-order chi connectivity index (χ1) is 17.3. The molecule has 0 aliphatic heterocycles. The van der Waals surface area contributed by atoms with Crippen molar-refractivity contribution in [2.45, 2.75) is 6.42 Å². The van der Waals surface area contributed by atoms with Gasteiger partial charge in [-0.25, -0.2) is 18.3 Å². The Kier molecular flexibility index (Phi) is 6.10. The van der Waals surface area contributed by atoms with E-state index in [0.717, 1.165) is 12.1 Å². The minimum atomic E-state index is -0.898. The summed E-state index contributed by atoms with van der Waals surface area (Å²) in [7, 11) is 3.22. The highest BCUT2D eigenvalue weighted by Gasteiger charge is 2.20. The third-order valence-electron chi connectivity index (χ3n) is 5.48. The standard InChI is InChI=1S/C23H19ClF2N8O2/c1-33-17(32-34(2)23(33)35)9-10-27-20-18-19(13-5-3-4-6-14(13)24)30-31-21(18)29-22(28-20)36-16-8-7-12(25)11-15(16)26/h3-8,11H,9-10H2,1-2H3,(H2,27,28,29,30,31). The van der Waals surface area contributed by atoms with Gasteiger partial charge >= 0.3 is 11.7 Å². The van der Waals surface area contributed by atoms with Gasteiger partial charge in [-0.1, -0.05) is 29.8 Å². The maximum atomic E-state index is 14.2. The highest BCUT2D eigenvalue weighted by Crippen LogP contribution is 2.35. The molecule has 0 fully saturated rings. The lowest BCUT2D eigenvalue weighted by Gasteiger charge is -2.11. The molecule has 5 rings (SSSR count). The minimum Gasteiger partial charge on any atom is -0.421 e. The molecule has 3 heterocycles. The fourth-order valence-corrected chi connectivity index (χ4v) is 3.93. The van der Waals surface area contributed by atoms with E-state index in [4.69, 9.17) is 16.3 Å². The maximum Gasteiger partial charge on any atom is 0.345 e. The van der Waals surface area contributed by atoms with Gasteiger partial charge in [-0.05, 0) is 18.2 Å². The first kappa shape index (κ1) is 23.4. The number of anilines is 1. The molecular weight excluding hydrogens is 494 g/mol. The predicted octanol–water partition coefficient (Wildman–Crippen LogP) is 3.83. The number of hydrogen-bond donors (Lipinski definition) is 2.